The summed E-state index contributed by atoms with van der Waals surface area (Å²) in [6.45, 7) is 6.21. The topological polar surface area (TPSA) is 181 Å². The quantitative estimate of drug-likeness (QED) is 0.231. The molecule has 1 fully saturated rings. The van der Waals surface area contributed by atoms with Crippen molar-refractivity contribution in [1.29, 1.82) is 0 Å². The van der Waals surface area contributed by atoms with Gasteiger partial charge in [-0.15, -0.1) is 0 Å². The van der Waals surface area contributed by atoms with Crippen LogP contribution in [0.5, 0.6) is 5.75 Å². The molecule has 1 aliphatic rings. The Morgan fingerprint density at radius 1 is 1.14 bits per heavy atom. The summed E-state index contributed by atoms with van der Waals surface area (Å²) in [5.74, 6) is -1.87. The number of nitrogens with zero attached hydrogens (tertiary/aromatic N) is 1. The number of Topliss-reactive ketones (excluding diaryl/α,β-unsaturated/α-hetero) is 1. The van der Waals surface area contributed by atoms with Crippen molar-refractivity contribution in [3.05, 3.63) is 63.4 Å². The molecule has 0 amide bonds. The molecule has 2 heterocycles. The largest absolute Gasteiger partial charge is 0.462 e. The molecule has 43 heavy (non-hydrogen) atoms. The summed E-state index contributed by atoms with van der Waals surface area (Å²) < 4.78 is 58.5. The summed E-state index contributed by atoms with van der Waals surface area (Å²) in [5, 5.41) is 2.49. The van der Waals surface area contributed by atoms with E-state index in [0.717, 1.165) is 23.8 Å². The van der Waals surface area contributed by atoms with Crippen LogP contribution in [0.3, 0.4) is 0 Å². The van der Waals surface area contributed by atoms with E-state index >= 15 is 4.39 Å². The van der Waals surface area contributed by atoms with Gasteiger partial charge in [0.1, 0.15) is 23.7 Å². The van der Waals surface area contributed by atoms with Crippen molar-refractivity contribution in [2.24, 2.45) is 0 Å². The van der Waals surface area contributed by atoms with E-state index in [1.165, 1.54) is 26.0 Å². The molecule has 1 aromatic heterocycles. The van der Waals surface area contributed by atoms with Gasteiger partial charge in [0.25, 0.3) is 5.56 Å². The number of rotatable bonds is 14. The monoisotopic (exact) mass is 627 g/mol. The molecule has 1 saturated heterocycles. The smallest absolute Gasteiger partial charge is 0.459 e. The molecule has 0 aliphatic carbocycles. The second-order valence-electron chi connectivity index (χ2n) is 10.3. The lowest BCUT2D eigenvalue weighted by Crippen LogP contribution is -2.46. The van der Waals surface area contributed by atoms with Gasteiger partial charge >= 0.3 is 25.4 Å². The Balaban J connectivity index is 1.92. The third kappa shape index (κ3) is 9.17. The summed E-state index contributed by atoms with van der Waals surface area (Å²) in [6.07, 6.45) is -4.91. The van der Waals surface area contributed by atoms with Crippen molar-refractivity contribution in [1.82, 2.24) is 14.6 Å². The molecule has 3 rings (SSSR count). The minimum atomic E-state index is -4.44. The fourth-order valence-corrected chi connectivity index (χ4v) is 5.63. The van der Waals surface area contributed by atoms with E-state index in [1.807, 2.05) is 4.98 Å². The number of aromatic nitrogens is 2. The van der Waals surface area contributed by atoms with E-state index < -0.39 is 73.8 Å². The molecule has 1 aliphatic heterocycles. The van der Waals surface area contributed by atoms with E-state index in [4.69, 9.17) is 23.3 Å². The van der Waals surface area contributed by atoms with Gasteiger partial charge in [0, 0.05) is 18.7 Å². The van der Waals surface area contributed by atoms with Gasteiger partial charge in [-0.1, -0.05) is 18.2 Å². The maximum absolute atomic E-state index is 16.4. The number of hydrogen-bond donors (Lipinski definition) is 2. The molecule has 16 heteroatoms. The predicted octanol–water partition coefficient (Wildman–Crippen LogP) is 2.58. The van der Waals surface area contributed by atoms with E-state index in [-0.39, 0.29) is 24.4 Å². The van der Waals surface area contributed by atoms with Crippen LogP contribution in [0, 0.1) is 0 Å². The van der Waals surface area contributed by atoms with E-state index in [0.29, 0.717) is 0 Å². The Kier molecular flexibility index (Phi) is 11.2. The summed E-state index contributed by atoms with van der Waals surface area (Å²) in [5.41, 5.74) is -4.32. The zero-order valence-corrected chi connectivity index (χ0v) is 25.2. The number of carbonyl (C=O) groups is 3. The third-order valence-electron chi connectivity index (χ3n) is 6.16. The number of ether oxygens (including phenoxy) is 3. The van der Waals surface area contributed by atoms with Gasteiger partial charge in [0.15, 0.2) is 18.0 Å². The minimum absolute atomic E-state index is 0.107. The van der Waals surface area contributed by atoms with Crippen LogP contribution in [0.1, 0.15) is 53.7 Å². The second-order valence-corrected chi connectivity index (χ2v) is 12.0. The number of ketones is 1. The van der Waals surface area contributed by atoms with Gasteiger partial charge < -0.3 is 23.5 Å². The molecule has 0 bridgehead atoms. The summed E-state index contributed by atoms with van der Waals surface area (Å²) in [7, 11) is -4.44. The van der Waals surface area contributed by atoms with Crippen LogP contribution in [-0.2, 0) is 37.7 Å². The second kappa shape index (κ2) is 14.2. The van der Waals surface area contributed by atoms with Crippen molar-refractivity contribution in [2.75, 3.05) is 6.61 Å². The number of hydrogen-bond acceptors (Lipinski definition) is 11. The van der Waals surface area contributed by atoms with Crippen LogP contribution in [0.4, 0.5) is 4.39 Å². The van der Waals surface area contributed by atoms with Crippen molar-refractivity contribution < 1.29 is 46.6 Å². The van der Waals surface area contributed by atoms with Gasteiger partial charge in [-0.2, -0.15) is 5.09 Å². The van der Waals surface area contributed by atoms with Gasteiger partial charge in [-0.05, 0) is 46.8 Å². The van der Waals surface area contributed by atoms with Crippen molar-refractivity contribution >= 4 is 25.5 Å². The Hall–Kier alpha value is -3.65. The Bertz CT molecular complexity index is 1460. The average molecular weight is 628 g/mol. The highest BCUT2D eigenvalue weighted by Gasteiger charge is 2.58. The van der Waals surface area contributed by atoms with Crippen molar-refractivity contribution in [2.45, 2.75) is 83.7 Å². The molecule has 0 radical (unpaired) electrons. The normalized spacial score (nSPS) is 23.7. The lowest BCUT2D eigenvalue weighted by atomic mass is 9.98. The van der Waals surface area contributed by atoms with Crippen LogP contribution in [0.2, 0.25) is 0 Å². The number of alkyl halides is 1. The highest BCUT2D eigenvalue weighted by molar-refractivity contribution is 7.52. The average Bonchev–Trinajstić information content (AvgIpc) is 3.15. The standard InChI is InChI=1S/C27H35FN3O11P/c1-16(2)39-24(35)18(4)30-43(37,42-19-9-7-6-8-10-19)38-15-20-23(41-22(34)12-11-17(3)32)27(5,28)25(40-20)31-14-13-21(33)29-26(31)36/h6-10,13-14,16,18,20,23,25H,11-12,15H2,1-5H3,(H,30,37)(H,29,33,36)/t18-,20+,23+,25+,27+,43+/m0/s1. The highest BCUT2D eigenvalue weighted by Crippen LogP contribution is 2.48. The number of para-hydroxylation sites is 1. The lowest BCUT2D eigenvalue weighted by molar-refractivity contribution is -0.159. The first kappa shape index (κ1) is 33.8. The number of benzene rings is 1. The van der Waals surface area contributed by atoms with Crippen LogP contribution < -0.4 is 20.9 Å². The van der Waals surface area contributed by atoms with E-state index in [2.05, 4.69) is 5.09 Å². The molecule has 2 aromatic rings. The molecule has 236 valence electrons. The molecular formula is C27H35FN3O11P. The maximum atomic E-state index is 16.4. The predicted molar refractivity (Wildman–Crippen MR) is 149 cm³/mol. The van der Waals surface area contributed by atoms with Crippen LogP contribution in [0.25, 0.3) is 0 Å². The molecule has 0 unspecified atom stereocenters. The zero-order valence-electron chi connectivity index (χ0n) is 24.3. The molecule has 0 spiro atoms. The molecule has 0 saturated carbocycles. The summed E-state index contributed by atoms with van der Waals surface area (Å²) in [4.78, 5) is 62.4. The molecule has 1 aromatic carbocycles. The van der Waals surface area contributed by atoms with E-state index in [9.17, 15) is 28.5 Å². The Morgan fingerprint density at radius 2 is 1.81 bits per heavy atom. The fourth-order valence-electron chi connectivity index (χ4n) is 4.13. The first-order chi connectivity index (χ1) is 20.1. The maximum Gasteiger partial charge on any atom is 0.459 e. The zero-order chi connectivity index (χ0) is 31.9. The van der Waals surface area contributed by atoms with Crippen LogP contribution in [-0.4, -0.2) is 63.9 Å². The number of H-pyrrole nitrogens is 1. The summed E-state index contributed by atoms with van der Waals surface area (Å²) >= 11 is 0. The third-order valence-corrected chi connectivity index (χ3v) is 7.80. The molecular weight excluding hydrogens is 592 g/mol. The first-order valence-corrected chi connectivity index (χ1v) is 15.0. The first-order valence-electron chi connectivity index (χ1n) is 13.4. The highest BCUT2D eigenvalue weighted by atomic mass is 31.2. The number of halogens is 1. The minimum Gasteiger partial charge on any atom is -0.462 e. The van der Waals surface area contributed by atoms with Crippen LogP contribution in [0.15, 0.2) is 52.2 Å². The lowest BCUT2D eigenvalue weighted by Gasteiger charge is -2.28. The SMILES string of the molecule is CC(=O)CCC(=O)O[C@@H]1[C@@H](CO[P@](=O)(N[C@@H](C)C(=O)OC(C)C)Oc2ccccc2)O[C@@H](n2ccc(=O)[nH]c2=O)[C@]1(C)F. The molecule has 2 N–H and O–H groups in total. The van der Waals surface area contributed by atoms with Crippen molar-refractivity contribution in [3.8, 4) is 5.75 Å². The number of carbonyl (C=O) groups excluding carboxylic acids is 3. The van der Waals surface area contributed by atoms with Gasteiger partial charge in [0.05, 0.1) is 19.1 Å². The van der Waals surface area contributed by atoms with Crippen LogP contribution >= 0.6 is 7.75 Å². The number of nitrogens with one attached hydrogen (secondary N) is 2. The summed E-state index contributed by atoms with van der Waals surface area (Å²) in [6, 6.07) is 7.66. The Morgan fingerprint density at radius 3 is 2.42 bits per heavy atom. The number of esters is 2. The molecule has 6 atom stereocenters. The van der Waals surface area contributed by atoms with Gasteiger partial charge in [-0.25, -0.2) is 13.8 Å². The fraction of sp³-hybridized carbons (Fsp3) is 0.519. The van der Waals surface area contributed by atoms with Crippen molar-refractivity contribution in [3.63, 3.8) is 0 Å². The van der Waals surface area contributed by atoms with E-state index in [1.54, 1.807) is 32.0 Å². The van der Waals surface area contributed by atoms with Gasteiger partial charge in [0.2, 0.25) is 0 Å². The van der Waals surface area contributed by atoms with Gasteiger partial charge in [-0.3, -0.25) is 28.5 Å². The Labute approximate surface area is 246 Å². The molecule has 14 nitrogen and oxygen atoms in total. The number of aromatic amines is 1.